The van der Waals surface area contributed by atoms with Crippen LogP contribution in [0.15, 0.2) is 12.5 Å². The minimum absolute atomic E-state index is 0.0826. The third kappa shape index (κ3) is 2.53. The molecule has 2 aliphatic rings. The monoisotopic (exact) mass is 235 g/mol. The molecule has 0 bridgehead atoms. The van der Waals surface area contributed by atoms with E-state index in [1.807, 2.05) is 12.5 Å². The molecule has 4 nitrogen and oxygen atoms in total. The Labute approximate surface area is 102 Å². The Morgan fingerprint density at radius 2 is 2.35 bits per heavy atom. The maximum absolute atomic E-state index is 6.33. The largest absolute Gasteiger partial charge is 0.381 e. The van der Waals surface area contributed by atoms with Gasteiger partial charge in [0, 0.05) is 25.3 Å². The first-order chi connectivity index (χ1) is 8.34. The summed E-state index contributed by atoms with van der Waals surface area (Å²) in [5.74, 6) is 1.42. The van der Waals surface area contributed by atoms with Crippen LogP contribution in [0.4, 0.5) is 0 Å². The van der Waals surface area contributed by atoms with E-state index in [0.29, 0.717) is 5.92 Å². The molecule has 1 aliphatic heterocycles. The molecule has 1 aromatic heterocycles. The first kappa shape index (κ1) is 11.2. The van der Waals surface area contributed by atoms with Crippen molar-refractivity contribution in [1.82, 2.24) is 9.55 Å². The maximum Gasteiger partial charge on any atom is 0.0948 e. The Balaban J connectivity index is 1.65. The van der Waals surface area contributed by atoms with Crippen LogP contribution in [0.25, 0.3) is 0 Å². The molecule has 3 rings (SSSR count). The van der Waals surface area contributed by atoms with Crippen LogP contribution in [-0.4, -0.2) is 22.8 Å². The van der Waals surface area contributed by atoms with Crippen molar-refractivity contribution >= 4 is 0 Å². The van der Waals surface area contributed by atoms with Crippen molar-refractivity contribution in [2.75, 3.05) is 13.2 Å². The average molecular weight is 235 g/mol. The van der Waals surface area contributed by atoms with Crippen LogP contribution in [0.5, 0.6) is 0 Å². The van der Waals surface area contributed by atoms with E-state index < -0.39 is 0 Å². The number of nitrogens with zero attached hydrogens (tertiary/aromatic N) is 2. The summed E-state index contributed by atoms with van der Waals surface area (Å²) in [6.07, 6.45) is 9.02. The van der Waals surface area contributed by atoms with Crippen LogP contribution in [-0.2, 0) is 11.3 Å². The molecule has 2 unspecified atom stereocenters. The van der Waals surface area contributed by atoms with Gasteiger partial charge in [0.05, 0.1) is 24.7 Å². The molecule has 1 aliphatic carbocycles. The summed E-state index contributed by atoms with van der Waals surface area (Å²) in [6, 6.07) is 0.0826. The molecular formula is C13H21N3O. The number of hydrogen-bond acceptors (Lipinski definition) is 3. The zero-order valence-corrected chi connectivity index (χ0v) is 10.2. The van der Waals surface area contributed by atoms with Crippen LogP contribution >= 0.6 is 0 Å². The molecule has 2 heterocycles. The summed E-state index contributed by atoms with van der Waals surface area (Å²) in [5, 5.41) is 0. The highest BCUT2D eigenvalue weighted by Crippen LogP contribution is 2.33. The van der Waals surface area contributed by atoms with Gasteiger partial charge >= 0.3 is 0 Å². The van der Waals surface area contributed by atoms with Gasteiger partial charge in [-0.3, -0.25) is 0 Å². The van der Waals surface area contributed by atoms with Crippen molar-refractivity contribution in [3.8, 4) is 0 Å². The fourth-order valence-electron chi connectivity index (χ4n) is 2.60. The second-order valence-corrected chi connectivity index (χ2v) is 5.39. The minimum Gasteiger partial charge on any atom is -0.381 e. The topological polar surface area (TPSA) is 53.1 Å². The molecule has 4 heteroatoms. The molecule has 17 heavy (non-hydrogen) atoms. The van der Waals surface area contributed by atoms with Gasteiger partial charge in [0.1, 0.15) is 0 Å². The number of ether oxygens (including phenoxy) is 1. The van der Waals surface area contributed by atoms with Gasteiger partial charge < -0.3 is 15.0 Å². The molecule has 0 aromatic carbocycles. The van der Waals surface area contributed by atoms with Gasteiger partial charge in [-0.05, 0) is 18.8 Å². The summed E-state index contributed by atoms with van der Waals surface area (Å²) in [7, 11) is 0. The fraction of sp³-hybridized carbons (Fsp3) is 0.769. The van der Waals surface area contributed by atoms with E-state index in [4.69, 9.17) is 10.5 Å². The van der Waals surface area contributed by atoms with Gasteiger partial charge in [0.15, 0.2) is 0 Å². The summed E-state index contributed by atoms with van der Waals surface area (Å²) >= 11 is 0. The van der Waals surface area contributed by atoms with Crippen molar-refractivity contribution in [3.05, 3.63) is 18.2 Å². The van der Waals surface area contributed by atoms with E-state index in [1.165, 1.54) is 25.0 Å². The molecule has 0 radical (unpaired) electrons. The molecular weight excluding hydrogens is 214 g/mol. The van der Waals surface area contributed by atoms with Crippen molar-refractivity contribution in [3.63, 3.8) is 0 Å². The molecule has 2 atom stereocenters. The van der Waals surface area contributed by atoms with Crippen molar-refractivity contribution < 1.29 is 4.74 Å². The summed E-state index contributed by atoms with van der Waals surface area (Å²) in [4.78, 5) is 4.26. The Morgan fingerprint density at radius 1 is 1.47 bits per heavy atom. The fourth-order valence-corrected chi connectivity index (χ4v) is 2.60. The van der Waals surface area contributed by atoms with Gasteiger partial charge in [-0.25, -0.2) is 4.98 Å². The van der Waals surface area contributed by atoms with E-state index in [0.717, 1.165) is 32.1 Å². The van der Waals surface area contributed by atoms with Gasteiger partial charge in [-0.15, -0.1) is 0 Å². The molecule has 1 saturated carbocycles. The zero-order chi connectivity index (χ0) is 11.7. The predicted octanol–water partition coefficient (Wildman–Crippen LogP) is 1.72. The van der Waals surface area contributed by atoms with Gasteiger partial charge in [-0.1, -0.05) is 12.8 Å². The Bertz CT molecular complexity index is 366. The second kappa shape index (κ2) is 4.78. The van der Waals surface area contributed by atoms with Gasteiger partial charge in [0.2, 0.25) is 0 Å². The molecule has 1 aromatic rings. The lowest BCUT2D eigenvalue weighted by Gasteiger charge is -2.19. The molecule has 2 N–H and O–H groups in total. The average Bonchev–Trinajstić information content (AvgIpc) is 2.86. The Morgan fingerprint density at radius 3 is 3.06 bits per heavy atom. The number of nitrogens with two attached hydrogens (primary N) is 1. The highest BCUT2D eigenvalue weighted by molar-refractivity contribution is 5.07. The van der Waals surface area contributed by atoms with E-state index >= 15 is 0 Å². The highest BCUT2D eigenvalue weighted by atomic mass is 16.5. The van der Waals surface area contributed by atoms with Crippen molar-refractivity contribution in [1.29, 1.82) is 0 Å². The third-order valence-corrected chi connectivity index (χ3v) is 4.03. The number of hydrogen-bond donors (Lipinski definition) is 1. The van der Waals surface area contributed by atoms with E-state index in [9.17, 15) is 0 Å². The highest BCUT2D eigenvalue weighted by Gasteiger charge is 2.27. The maximum atomic E-state index is 6.33. The Kier molecular flexibility index (Phi) is 3.16. The molecule has 0 spiro atoms. The van der Waals surface area contributed by atoms with Crippen LogP contribution in [0.3, 0.4) is 0 Å². The molecule has 0 amide bonds. The van der Waals surface area contributed by atoms with Crippen LogP contribution < -0.4 is 5.73 Å². The number of rotatable bonds is 5. The van der Waals surface area contributed by atoms with Gasteiger partial charge in [-0.2, -0.15) is 0 Å². The lowest BCUT2D eigenvalue weighted by atomic mass is 9.97. The van der Waals surface area contributed by atoms with Crippen LogP contribution in [0.2, 0.25) is 0 Å². The number of imidazole rings is 1. The van der Waals surface area contributed by atoms with E-state index in [2.05, 4.69) is 9.55 Å². The molecule has 94 valence electrons. The normalized spacial score (nSPS) is 26.3. The molecule has 2 fully saturated rings. The van der Waals surface area contributed by atoms with E-state index in [1.54, 1.807) is 0 Å². The lowest BCUT2D eigenvalue weighted by molar-refractivity contribution is 0.180. The quantitative estimate of drug-likeness (QED) is 0.845. The first-order valence-electron chi connectivity index (χ1n) is 6.68. The lowest BCUT2D eigenvalue weighted by Crippen LogP contribution is -2.24. The van der Waals surface area contributed by atoms with Crippen LogP contribution in [0.1, 0.15) is 37.4 Å². The minimum atomic E-state index is 0.0826. The van der Waals surface area contributed by atoms with Crippen molar-refractivity contribution in [2.24, 2.45) is 17.6 Å². The smallest absolute Gasteiger partial charge is 0.0948 e. The van der Waals surface area contributed by atoms with Crippen molar-refractivity contribution in [2.45, 2.75) is 38.3 Å². The van der Waals surface area contributed by atoms with Crippen LogP contribution in [0, 0.1) is 11.8 Å². The second-order valence-electron chi connectivity index (χ2n) is 5.39. The first-order valence-corrected chi connectivity index (χ1v) is 6.68. The predicted molar refractivity (Wildman–Crippen MR) is 65.4 cm³/mol. The summed E-state index contributed by atoms with van der Waals surface area (Å²) in [6.45, 7) is 2.73. The summed E-state index contributed by atoms with van der Waals surface area (Å²) < 4.78 is 7.65. The van der Waals surface area contributed by atoms with Gasteiger partial charge in [0.25, 0.3) is 0 Å². The summed E-state index contributed by atoms with van der Waals surface area (Å²) in [5.41, 5.74) is 7.51. The van der Waals surface area contributed by atoms with E-state index in [-0.39, 0.29) is 6.04 Å². The number of aromatic nitrogens is 2. The Hall–Kier alpha value is -0.870. The third-order valence-electron chi connectivity index (χ3n) is 4.03. The molecule has 1 saturated heterocycles. The zero-order valence-electron chi connectivity index (χ0n) is 10.2. The standard InChI is InChI=1S/C13H21N3O/c14-13(11-4-6-17-8-11)12-7-15-9-16(12)5-3-10-1-2-10/h7,9-11,13H,1-6,8,14H2. The number of aryl methyl sites for hydroxylation is 1. The SMILES string of the molecule is NC(c1cncn1CCC1CC1)C1CCOC1.